The molecule has 5 aliphatic carbocycles. The molecule has 7 rings (SSSR count). The molecule has 8 unspecified atom stereocenters. The van der Waals surface area contributed by atoms with Gasteiger partial charge in [-0.3, -0.25) is 9.69 Å². The third-order valence-electron chi connectivity index (χ3n) is 15.8. The number of hydrogen-bond donors (Lipinski definition) is 3. The molecule has 274 valence electrons. The van der Waals surface area contributed by atoms with Gasteiger partial charge in [0.15, 0.2) is 0 Å². The van der Waals surface area contributed by atoms with Crippen molar-refractivity contribution >= 4 is 23.5 Å². The summed E-state index contributed by atoms with van der Waals surface area (Å²) in [5, 5.41) is 22.7. The van der Waals surface area contributed by atoms with Crippen molar-refractivity contribution in [2.45, 2.75) is 97.4 Å². The van der Waals surface area contributed by atoms with Gasteiger partial charge in [0.25, 0.3) is 0 Å². The van der Waals surface area contributed by atoms with E-state index in [-0.39, 0.29) is 34.4 Å². The van der Waals surface area contributed by atoms with Gasteiger partial charge in [-0.05, 0) is 127 Å². The Bertz CT molecular complexity index is 1510. The van der Waals surface area contributed by atoms with Crippen LogP contribution in [0.1, 0.15) is 108 Å². The summed E-state index contributed by atoms with van der Waals surface area (Å²) in [4.78, 5) is 41.1. The number of rotatable bonds is 8. The summed E-state index contributed by atoms with van der Waals surface area (Å²) in [5.74, 6) is 0.742. The molecule has 9 nitrogen and oxygen atoms in total. The Morgan fingerprint density at radius 1 is 0.900 bits per heavy atom. The van der Waals surface area contributed by atoms with Gasteiger partial charge in [-0.25, -0.2) is 9.59 Å². The third kappa shape index (κ3) is 5.79. The fourth-order valence-corrected chi connectivity index (χ4v) is 13.0. The molecular formula is C41H59N3O6. The minimum atomic E-state index is -0.968. The molecule has 3 N–H and O–H groups in total. The summed E-state index contributed by atoms with van der Waals surface area (Å²) in [6, 6.07) is 7.26. The number of allylic oxidation sites excluding steroid dienone is 2. The highest BCUT2D eigenvalue weighted by Gasteiger charge is 2.68. The predicted molar refractivity (Wildman–Crippen MR) is 193 cm³/mol. The SMILES string of the molecule is CC1C(c2ccc(C(=O)O)cc2)=CCC2(C)C1CCC1(C)C2CCC2C3CCCC3(NC(=O)N(CCN3CCOCC3)CC(=O)O)CC[C@]21C. The predicted octanol–water partition coefficient (Wildman–Crippen LogP) is 7.02. The molecule has 0 aromatic heterocycles. The van der Waals surface area contributed by atoms with E-state index in [0.717, 1.165) is 57.2 Å². The van der Waals surface area contributed by atoms with Crippen LogP contribution in [0.15, 0.2) is 30.3 Å². The third-order valence-corrected chi connectivity index (χ3v) is 15.8. The smallest absolute Gasteiger partial charge is 0.335 e. The van der Waals surface area contributed by atoms with E-state index in [1.54, 1.807) is 12.1 Å². The molecule has 9 atom stereocenters. The van der Waals surface area contributed by atoms with Gasteiger partial charge in [-0.15, -0.1) is 0 Å². The average molecular weight is 690 g/mol. The number of carboxylic acids is 2. The maximum atomic E-state index is 14.0. The molecule has 1 aromatic rings. The minimum absolute atomic E-state index is 0.185. The Hall–Kier alpha value is -2.91. The zero-order valence-electron chi connectivity index (χ0n) is 30.7. The number of carboxylic acid groups (broad SMARTS) is 2. The lowest BCUT2D eigenvalue weighted by molar-refractivity contribution is -0.210. The van der Waals surface area contributed by atoms with Crippen molar-refractivity contribution in [3.8, 4) is 0 Å². The van der Waals surface area contributed by atoms with Crippen LogP contribution in [0.4, 0.5) is 4.79 Å². The first-order valence-corrected chi connectivity index (χ1v) is 19.4. The lowest BCUT2D eigenvalue weighted by atomic mass is 9.34. The first-order chi connectivity index (χ1) is 23.8. The van der Waals surface area contributed by atoms with E-state index in [4.69, 9.17) is 4.74 Å². The lowest BCUT2D eigenvalue weighted by Crippen LogP contribution is -2.68. The number of aromatic carboxylic acids is 1. The van der Waals surface area contributed by atoms with E-state index in [9.17, 15) is 24.6 Å². The summed E-state index contributed by atoms with van der Waals surface area (Å²) in [7, 11) is 0. The molecule has 4 saturated carbocycles. The van der Waals surface area contributed by atoms with Crippen molar-refractivity contribution in [1.29, 1.82) is 0 Å². The second-order valence-electron chi connectivity index (χ2n) is 17.6. The normalized spacial score (nSPS) is 39.6. The quantitative estimate of drug-likeness (QED) is 0.268. The number of fused-ring (bicyclic) bond motifs is 7. The summed E-state index contributed by atoms with van der Waals surface area (Å²) in [5.41, 5.74) is 3.21. The number of ether oxygens (including phenoxy) is 1. The molecule has 5 fully saturated rings. The molecule has 1 saturated heterocycles. The molecule has 1 aromatic carbocycles. The van der Waals surface area contributed by atoms with Gasteiger partial charge in [0.05, 0.1) is 18.8 Å². The summed E-state index contributed by atoms with van der Waals surface area (Å²) in [6.07, 6.45) is 13.7. The zero-order valence-corrected chi connectivity index (χ0v) is 30.7. The van der Waals surface area contributed by atoms with Crippen molar-refractivity contribution in [3.63, 3.8) is 0 Å². The molecular weight excluding hydrogens is 630 g/mol. The summed E-state index contributed by atoms with van der Waals surface area (Å²) >= 11 is 0. The maximum absolute atomic E-state index is 14.0. The zero-order chi connectivity index (χ0) is 35.5. The van der Waals surface area contributed by atoms with Gasteiger partial charge in [0.1, 0.15) is 6.54 Å². The Morgan fingerprint density at radius 3 is 2.34 bits per heavy atom. The molecule has 0 spiro atoms. The van der Waals surface area contributed by atoms with Gasteiger partial charge < -0.3 is 25.2 Å². The number of nitrogens with one attached hydrogen (secondary N) is 1. The molecule has 9 heteroatoms. The van der Waals surface area contributed by atoms with E-state index in [0.29, 0.717) is 61.5 Å². The standard InChI is InChI=1S/C41H59N3O6/c1-27-30(28-7-9-29(10-8-28)36(47)48)13-16-38(2)31(27)14-17-40(4)34(38)12-11-32-33-6-5-15-41(33,19-18-39(32,40)3)42-37(49)44(26-35(45)46)21-20-43-22-24-50-25-23-43/h7-10,13,27,31-34H,5-6,11-12,14-26H2,1-4H3,(H,42,49)(H,45,46)(H,47,48)/t27?,31?,32?,33?,34?,38?,39-,40?,41?/m1/s1. The number of nitrogens with zero attached hydrogens (tertiary/aromatic N) is 2. The van der Waals surface area contributed by atoms with E-state index in [2.05, 4.69) is 44.0 Å². The van der Waals surface area contributed by atoms with Gasteiger partial charge in [-0.1, -0.05) is 52.3 Å². The summed E-state index contributed by atoms with van der Waals surface area (Å²) < 4.78 is 5.48. The number of carbonyl (C=O) groups is 3. The first-order valence-electron chi connectivity index (χ1n) is 19.4. The number of benzene rings is 1. The van der Waals surface area contributed by atoms with Gasteiger partial charge in [0.2, 0.25) is 0 Å². The van der Waals surface area contributed by atoms with E-state index < -0.39 is 11.9 Å². The van der Waals surface area contributed by atoms with E-state index in [1.165, 1.54) is 36.2 Å². The average Bonchev–Trinajstić information content (AvgIpc) is 3.51. The Balaban J connectivity index is 1.09. The number of carbonyl (C=O) groups excluding carboxylic acids is 1. The van der Waals surface area contributed by atoms with Gasteiger partial charge >= 0.3 is 18.0 Å². The Kier molecular flexibility index (Phi) is 9.41. The number of morpholine rings is 1. The number of aliphatic carboxylic acids is 1. The fourth-order valence-electron chi connectivity index (χ4n) is 13.0. The van der Waals surface area contributed by atoms with Crippen LogP contribution >= 0.6 is 0 Å². The van der Waals surface area contributed by atoms with Crippen molar-refractivity contribution < 1.29 is 29.3 Å². The highest BCUT2D eigenvalue weighted by molar-refractivity contribution is 5.88. The monoisotopic (exact) mass is 689 g/mol. The maximum Gasteiger partial charge on any atom is 0.335 e. The highest BCUT2D eigenvalue weighted by Crippen LogP contribution is 2.75. The van der Waals surface area contributed by atoms with Crippen LogP contribution in [0.25, 0.3) is 5.57 Å². The van der Waals surface area contributed by atoms with Crippen LogP contribution in [-0.4, -0.2) is 89.5 Å². The Morgan fingerprint density at radius 2 is 1.64 bits per heavy atom. The lowest BCUT2D eigenvalue weighted by Gasteiger charge is -2.71. The second-order valence-corrected chi connectivity index (χ2v) is 17.6. The van der Waals surface area contributed by atoms with Crippen LogP contribution in [0.3, 0.4) is 0 Å². The Labute approximate surface area is 298 Å². The van der Waals surface area contributed by atoms with Crippen molar-refractivity contribution in [3.05, 3.63) is 41.5 Å². The van der Waals surface area contributed by atoms with Crippen molar-refractivity contribution in [2.24, 2.45) is 45.8 Å². The molecule has 1 heterocycles. The summed E-state index contributed by atoms with van der Waals surface area (Å²) in [6.45, 7) is 14.0. The first kappa shape index (κ1) is 35.5. The molecule has 0 bridgehead atoms. The van der Waals surface area contributed by atoms with Gasteiger partial charge in [0, 0.05) is 31.7 Å². The molecule has 6 aliphatic rings. The van der Waals surface area contributed by atoms with Crippen molar-refractivity contribution in [1.82, 2.24) is 15.1 Å². The number of urea groups is 1. The van der Waals surface area contributed by atoms with Gasteiger partial charge in [-0.2, -0.15) is 0 Å². The van der Waals surface area contributed by atoms with Crippen molar-refractivity contribution in [2.75, 3.05) is 45.9 Å². The molecule has 50 heavy (non-hydrogen) atoms. The molecule has 0 radical (unpaired) electrons. The number of amides is 2. The number of hydrogen-bond acceptors (Lipinski definition) is 5. The fraction of sp³-hybridized carbons (Fsp3) is 0.732. The molecule has 1 aliphatic heterocycles. The minimum Gasteiger partial charge on any atom is -0.480 e. The molecule has 2 amide bonds. The second kappa shape index (κ2) is 13.3. The van der Waals surface area contributed by atoms with E-state index >= 15 is 0 Å². The van der Waals surface area contributed by atoms with E-state index in [1.807, 2.05) is 12.1 Å². The van der Waals surface area contributed by atoms with Crippen LogP contribution in [0.2, 0.25) is 0 Å². The highest BCUT2D eigenvalue weighted by atomic mass is 16.5. The van der Waals surface area contributed by atoms with Crippen LogP contribution < -0.4 is 5.32 Å². The van der Waals surface area contributed by atoms with Crippen LogP contribution in [-0.2, 0) is 9.53 Å². The van der Waals surface area contributed by atoms with Crippen LogP contribution in [0.5, 0.6) is 0 Å². The topological polar surface area (TPSA) is 119 Å². The van der Waals surface area contributed by atoms with Crippen LogP contribution in [0, 0.1) is 45.8 Å². The largest absolute Gasteiger partial charge is 0.480 e.